The van der Waals surface area contributed by atoms with Gasteiger partial charge in [-0.1, -0.05) is 15.9 Å². The van der Waals surface area contributed by atoms with Crippen molar-refractivity contribution in [2.24, 2.45) is 0 Å². The molecule has 0 spiro atoms. The number of nitrogen functional groups attached to an aromatic ring is 1. The Bertz CT molecular complexity index is 478. The maximum absolute atomic E-state index is 9.34. The summed E-state index contributed by atoms with van der Waals surface area (Å²) in [6.07, 6.45) is -0.611. The number of H-pyrrole nitrogens is 1. The zero-order chi connectivity index (χ0) is 10.3. The minimum atomic E-state index is -0.611. The van der Waals surface area contributed by atoms with E-state index in [0.717, 1.165) is 9.99 Å². The summed E-state index contributed by atoms with van der Waals surface area (Å²) in [6.45, 7) is 1.66. The molecule has 4 N–H and O–H groups in total. The van der Waals surface area contributed by atoms with Gasteiger partial charge in [0.2, 0.25) is 0 Å². The minimum absolute atomic E-state index is 0.532. The number of hydrogen-bond acceptors (Lipinski definition) is 3. The number of aromatic amines is 1. The number of anilines is 1. The average Bonchev–Trinajstić information content (AvgIpc) is 2.47. The number of benzene rings is 1. The lowest BCUT2D eigenvalue weighted by molar-refractivity contribution is 0.190. The average molecular weight is 256 g/mol. The van der Waals surface area contributed by atoms with E-state index in [-0.39, 0.29) is 0 Å². The molecule has 1 aromatic heterocycles. The van der Waals surface area contributed by atoms with Crippen molar-refractivity contribution < 1.29 is 5.11 Å². The third-order valence-corrected chi connectivity index (χ3v) is 2.45. The lowest BCUT2D eigenvalue weighted by atomic mass is 10.3. The number of halogens is 1. The summed E-state index contributed by atoms with van der Waals surface area (Å²) in [6, 6.07) is 3.67. The van der Waals surface area contributed by atoms with Crippen molar-refractivity contribution in [1.29, 1.82) is 0 Å². The van der Waals surface area contributed by atoms with Crippen LogP contribution in [0.4, 0.5) is 5.69 Å². The Labute approximate surface area is 89.3 Å². The lowest BCUT2D eigenvalue weighted by Crippen LogP contribution is -1.92. The first-order valence-corrected chi connectivity index (χ1v) is 5.00. The highest BCUT2D eigenvalue weighted by Crippen LogP contribution is 2.25. The molecule has 0 aliphatic heterocycles. The minimum Gasteiger partial charge on any atom is -0.397 e. The molecule has 0 saturated carbocycles. The van der Waals surface area contributed by atoms with E-state index in [9.17, 15) is 5.11 Å². The van der Waals surface area contributed by atoms with Crippen LogP contribution in [-0.4, -0.2) is 15.1 Å². The van der Waals surface area contributed by atoms with E-state index in [4.69, 9.17) is 5.73 Å². The fourth-order valence-corrected chi connectivity index (χ4v) is 1.80. The number of rotatable bonds is 1. The highest BCUT2D eigenvalue weighted by Gasteiger charge is 2.09. The number of hydrogen-bond donors (Lipinski definition) is 3. The zero-order valence-corrected chi connectivity index (χ0v) is 9.17. The summed E-state index contributed by atoms with van der Waals surface area (Å²) >= 11 is 3.34. The number of nitrogens with two attached hydrogens (primary N) is 1. The molecule has 5 heteroatoms. The van der Waals surface area contributed by atoms with Crippen molar-refractivity contribution in [2.45, 2.75) is 13.0 Å². The standard InChI is InChI=1S/C9H10BrN3O/c1-4(14)9-12-7-3-5(10)2-6(11)8(7)13-9/h2-4,14H,11H2,1H3,(H,12,13). The topological polar surface area (TPSA) is 74.9 Å². The van der Waals surface area contributed by atoms with E-state index in [0.29, 0.717) is 17.0 Å². The molecule has 1 unspecified atom stereocenters. The number of nitrogens with zero attached hydrogens (tertiary/aromatic N) is 1. The molecule has 4 nitrogen and oxygen atoms in total. The van der Waals surface area contributed by atoms with Crippen LogP contribution in [0, 0.1) is 0 Å². The second kappa shape index (κ2) is 3.25. The van der Waals surface area contributed by atoms with Crippen molar-refractivity contribution in [3.63, 3.8) is 0 Å². The molecule has 1 atom stereocenters. The quantitative estimate of drug-likeness (QED) is 0.683. The smallest absolute Gasteiger partial charge is 0.136 e. The van der Waals surface area contributed by atoms with Gasteiger partial charge >= 0.3 is 0 Å². The van der Waals surface area contributed by atoms with Gasteiger partial charge in [0, 0.05) is 4.47 Å². The third-order valence-electron chi connectivity index (χ3n) is 1.99. The third kappa shape index (κ3) is 1.49. The van der Waals surface area contributed by atoms with Crippen molar-refractivity contribution in [1.82, 2.24) is 9.97 Å². The molecule has 2 aromatic rings. The number of fused-ring (bicyclic) bond motifs is 1. The molecule has 1 heterocycles. The first kappa shape index (κ1) is 9.48. The molecule has 14 heavy (non-hydrogen) atoms. The van der Waals surface area contributed by atoms with Crippen LogP contribution in [0.5, 0.6) is 0 Å². The number of aliphatic hydroxyl groups excluding tert-OH is 1. The molecule has 0 aliphatic rings. The largest absolute Gasteiger partial charge is 0.397 e. The van der Waals surface area contributed by atoms with Crippen LogP contribution in [0.3, 0.4) is 0 Å². The van der Waals surface area contributed by atoms with Crippen molar-refractivity contribution in [3.05, 3.63) is 22.4 Å². The summed E-state index contributed by atoms with van der Waals surface area (Å²) in [7, 11) is 0. The Balaban J connectivity index is 2.70. The highest BCUT2D eigenvalue weighted by molar-refractivity contribution is 9.10. The van der Waals surface area contributed by atoms with Crippen LogP contribution in [0.1, 0.15) is 18.9 Å². The molecule has 0 saturated heterocycles. The summed E-state index contributed by atoms with van der Waals surface area (Å²) in [5.74, 6) is 0.532. The van der Waals surface area contributed by atoms with E-state index in [2.05, 4.69) is 25.9 Å². The summed E-state index contributed by atoms with van der Waals surface area (Å²) < 4.78 is 0.892. The van der Waals surface area contributed by atoms with Gasteiger partial charge in [-0.05, 0) is 19.1 Å². The molecule has 1 aromatic carbocycles. The lowest BCUT2D eigenvalue weighted by Gasteiger charge is -1.95. The van der Waals surface area contributed by atoms with Gasteiger partial charge in [0.1, 0.15) is 17.4 Å². The van der Waals surface area contributed by atoms with Gasteiger partial charge in [-0.25, -0.2) is 4.98 Å². The molecule has 2 rings (SSSR count). The number of nitrogens with one attached hydrogen (secondary N) is 1. The van der Waals surface area contributed by atoms with E-state index in [1.165, 1.54) is 0 Å². The second-order valence-corrected chi connectivity index (χ2v) is 4.10. The molecule has 0 radical (unpaired) electrons. The Morgan fingerprint density at radius 3 is 2.93 bits per heavy atom. The van der Waals surface area contributed by atoms with E-state index in [1.807, 2.05) is 6.07 Å². The van der Waals surface area contributed by atoms with Gasteiger partial charge in [0.05, 0.1) is 11.2 Å². The van der Waals surface area contributed by atoms with E-state index >= 15 is 0 Å². The second-order valence-electron chi connectivity index (χ2n) is 3.19. The Morgan fingerprint density at radius 1 is 1.57 bits per heavy atom. The molecular weight excluding hydrogens is 246 g/mol. The summed E-state index contributed by atoms with van der Waals surface area (Å²) in [5, 5.41) is 9.34. The maximum Gasteiger partial charge on any atom is 0.136 e. The predicted molar refractivity (Wildman–Crippen MR) is 58.8 cm³/mol. The normalized spacial score (nSPS) is 13.4. The van der Waals surface area contributed by atoms with Crippen LogP contribution < -0.4 is 5.73 Å². The number of imidazole rings is 1. The first-order chi connectivity index (χ1) is 6.58. The number of aromatic nitrogens is 2. The summed E-state index contributed by atoms with van der Waals surface area (Å²) in [5.41, 5.74) is 7.90. The van der Waals surface area contributed by atoms with E-state index < -0.39 is 6.10 Å². The number of aliphatic hydroxyl groups is 1. The molecule has 74 valence electrons. The van der Waals surface area contributed by atoms with Crippen LogP contribution in [0.2, 0.25) is 0 Å². The fourth-order valence-electron chi connectivity index (χ4n) is 1.32. The Morgan fingerprint density at radius 2 is 2.29 bits per heavy atom. The van der Waals surface area contributed by atoms with Crippen molar-refractivity contribution in [3.8, 4) is 0 Å². The molecule has 0 amide bonds. The van der Waals surface area contributed by atoms with Gasteiger partial charge in [-0.2, -0.15) is 0 Å². The van der Waals surface area contributed by atoms with Crippen molar-refractivity contribution >= 4 is 32.7 Å². The van der Waals surface area contributed by atoms with Crippen LogP contribution >= 0.6 is 15.9 Å². The fraction of sp³-hybridized carbons (Fsp3) is 0.222. The monoisotopic (exact) mass is 255 g/mol. The maximum atomic E-state index is 9.34. The van der Waals surface area contributed by atoms with Gasteiger partial charge in [0.25, 0.3) is 0 Å². The SMILES string of the molecule is CC(O)c1nc2c(N)cc(Br)cc2[nH]1. The molecular formula is C9H10BrN3O. The Kier molecular flexibility index (Phi) is 2.20. The van der Waals surface area contributed by atoms with Gasteiger partial charge in [-0.15, -0.1) is 0 Å². The van der Waals surface area contributed by atoms with Gasteiger partial charge in [-0.3, -0.25) is 0 Å². The molecule has 0 fully saturated rings. The van der Waals surface area contributed by atoms with E-state index in [1.54, 1.807) is 13.0 Å². The Hall–Kier alpha value is -1.07. The molecule has 0 aliphatic carbocycles. The first-order valence-electron chi connectivity index (χ1n) is 4.20. The van der Waals surface area contributed by atoms with Gasteiger partial charge in [0.15, 0.2) is 0 Å². The van der Waals surface area contributed by atoms with Crippen LogP contribution in [0.15, 0.2) is 16.6 Å². The van der Waals surface area contributed by atoms with Crippen molar-refractivity contribution in [2.75, 3.05) is 5.73 Å². The summed E-state index contributed by atoms with van der Waals surface area (Å²) in [4.78, 5) is 7.21. The van der Waals surface area contributed by atoms with Crippen LogP contribution in [0.25, 0.3) is 11.0 Å². The zero-order valence-electron chi connectivity index (χ0n) is 7.58. The van der Waals surface area contributed by atoms with Gasteiger partial charge < -0.3 is 15.8 Å². The predicted octanol–water partition coefficient (Wildman–Crippen LogP) is 1.96. The van der Waals surface area contributed by atoms with Crippen LogP contribution in [-0.2, 0) is 0 Å². The molecule has 0 bridgehead atoms. The highest BCUT2D eigenvalue weighted by atomic mass is 79.9.